The van der Waals surface area contributed by atoms with E-state index >= 15 is 0 Å². The number of hydrogen-bond acceptors (Lipinski definition) is 3. The van der Waals surface area contributed by atoms with Gasteiger partial charge in [0.25, 0.3) is 5.91 Å². The standard InChI is InChI=1S/C32H40N2O3/c1-7-25(5)33-32(36)29(19-27-13-9-8-10-14-27)34(20-28-15-11-12-22(2)17-28)31(35)21-37-30-18-23(3)16-24(4)26(30)6/h8-18,25,29H,7,19-21H2,1-6H3,(H,33,36)/t25-,29+/m0/s1. The third-order valence-electron chi connectivity index (χ3n) is 6.82. The van der Waals surface area contributed by atoms with Gasteiger partial charge in [0.15, 0.2) is 6.61 Å². The van der Waals surface area contributed by atoms with Crippen LogP contribution in [0.15, 0.2) is 66.7 Å². The van der Waals surface area contributed by atoms with Gasteiger partial charge in [-0.15, -0.1) is 0 Å². The fraction of sp³-hybridized carbons (Fsp3) is 0.375. The molecule has 3 rings (SSSR count). The molecule has 0 spiro atoms. The lowest BCUT2D eigenvalue weighted by molar-refractivity contribution is -0.143. The summed E-state index contributed by atoms with van der Waals surface area (Å²) in [6, 6.07) is 21.3. The maximum Gasteiger partial charge on any atom is 0.261 e. The van der Waals surface area contributed by atoms with Crippen molar-refractivity contribution in [3.8, 4) is 5.75 Å². The molecule has 0 aliphatic rings. The molecule has 5 nitrogen and oxygen atoms in total. The Morgan fingerprint density at radius 2 is 1.59 bits per heavy atom. The molecule has 0 saturated heterocycles. The molecule has 37 heavy (non-hydrogen) atoms. The van der Waals surface area contributed by atoms with Crippen molar-refractivity contribution in [2.24, 2.45) is 0 Å². The molecule has 0 aliphatic heterocycles. The van der Waals surface area contributed by atoms with Crippen molar-refractivity contribution in [1.82, 2.24) is 10.2 Å². The number of nitrogens with zero attached hydrogens (tertiary/aromatic N) is 1. The van der Waals surface area contributed by atoms with Crippen LogP contribution in [-0.2, 0) is 22.6 Å². The number of nitrogens with one attached hydrogen (secondary N) is 1. The Hall–Kier alpha value is -3.60. The largest absolute Gasteiger partial charge is 0.483 e. The van der Waals surface area contributed by atoms with E-state index < -0.39 is 6.04 Å². The molecule has 0 aliphatic carbocycles. The second-order valence-electron chi connectivity index (χ2n) is 10.0. The summed E-state index contributed by atoms with van der Waals surface area (Å²) in [4.78, 5) is 29.1. The molecule has 2 amide bonds. The van der Waals surface area contributed by atoms with E-state index in [1.165, 1.54) is 0 Å². The van der Waals surface area contributed by atoms with Crippen molar-refractivity contribution in [1.29, 1.82) is 0 Å². The highest BCUT2D eigenvalue weighted by molar-refractivity contribution is 5.88. The average molecular weight is 501 g/mol. The quantitative estimate of drug-likeness (QED) is 0.359. The van der Waals surface area contributed by atoms with Gasteiger partial charge in [-0.1, -0.05) is 73.2 Å². The molecule has 0 radical (unpaired) electrons. The normalized spacial score (nSPS) is 12.5. The summed E-state index contributed by atoms with van der Waals surface area (Å²) in [7, 11) is 0. The topological polar surface area (TPSA) is 58.6 Å². The van der Waals surface area contributed by atoms with Gasteiger partial charge in [0.05, 0.1) is 0 Å². The summed E-state index contributed by atoms with van der Waals surface area (Å²) in [5, 5.41) is 3.11. The molecule has 5 heteroatoms. The Bertz CT molecular complexity index is 1210. The van der Waals surface area contributed by atoms with Crippen LogP contribution in [0.4, 0.5) is 0 Å². The van der Waals surface area contributed by atoms with Crippen LogP contribution < -0.4 is 10.1 Å². The minimum atomic E-state index is -0.673. The summed E-state index contributed by atoms with van der Waals surface area (Å²) in [5.41, 5.74) is 6.30. The summed E-state index contributed by atoms with van der Waals surface area (Å²) >= 11 is 0. The average Bonchev–Trinajstić information content (AvgIpc) is 2.87. The predicted octanol–water partition coefficient (Wildman–Crippen LogP) is 5.85. The molecular weight excluding hydrogens is 460 g/mol. The first-order chi connectivity index (χ1) is 17.7. The Balaban J connectivity index is 1.95. The van der Waals surface area contributed by atoms with Crippen molar-refractivity contribution < 1.29 is 14.3 Å². The van der Waals surface area contributed by atoms with Crippen LogP contribution in [0.2, 0.25) is 0 Å². The van der Waals surface area contributed by atoms with E-state index in [0.717, 1.165) is 39.8 Å². The molecular formula is C32H40N2O3. The van der Waals surface area contributed by atoms with Gasteiger partial charge in [0.2, 0.25) is 5.91 Å². The van der Waals surface area contributed by atoms with Crippen LogP contribution in [0.3, 0.4) is 0 Å². The lowest BCUT2D eigenvalue weighted by Crippen LogP contribution is -2.53. The number of aryl methyl sites for hydroxylation is 3. The van der Waals surface area contributed by atoms with Crippen LogP contribution in [0.25, 0.3) is 0 Å². The Morgan fingerprint density at radius 3 is 2.27 bits per heavy atom. The van der Waals surface area contributed by atoms with E-state index in [2.05, 4.69) is 17.4 Å². The number of amides is 2. The van der Waals surface area contributed by atoms with Gasteiger partial charge in [-0.05, 0) is 74.9 Å². The molecule has 1 N–H and O–H groups in total. The molecule has 0 fully saturated rings. The Kier molecular flexibility index (Phi) is 9.90. The SMILES string of the molecule is CC[C@H](C)NC(=O)[C@@H](Cc1ccccc1)N(Cc1cccc(C)c1)C(=O)COc1cc(C)cc(C)c1C. The highest BCUT2D eigenvalue weighted by atomic mass is 16.5. The zero-order chi connectivity index (χ0) is 26.9. The van der Waals surface area contributed by atoms with Gasteiger partial charge in [0.1, 0.15) is 11.8 Å². The molecule has 0 aromatic heterocycles. The number of rotatable bonds is 11. The summed E-state index contributed by atoms with van der Waals surface area (Å²) in [6.07, 6.45) is 1.23. The minimum Gasteiger partial charge on any atom is -0.483 e. The zero-order valence-electron chi connectivity index (χ0n) is 23.0. The molecule has 0 bridgehead atoms. The van der Waals surface area contributed by atoms with Crippen LogP contribution in [0.5, 0.6) is 5.75 Å². The van der Waals surface area contributed by atoms with E-state index in [4.69, 9.17) is 4.74 Å². The first kappa shape index (κ1) is 28.0. The number of benzene rings is 3. The third kappa shape index (κ3) is 7.94. The smallest absolute Gasteiger partial charge is 0.261 e. The van der Waals surface area contributed by atoms with Crippen molar-refractivity contribution in [3.05, 3.63) is 100 Å². The van der Waals surface area contributed by atoms with Gasteiger partial charge in [0, 0.05) is 19.0 Å². The molecule has 0 saturated carbocycles. The van der Waals surface area contributed by atoms with Crippen molar-refractivity contribution in [2.45, 2.75) is 73.0 Å². The monoisotopic (exact) mass is 500 g/mol. The van der Waals surface area contributed by atoms with Gasteiger partial charge in [-0.2, -0.15) is 0 Å². The Labute approximate surface area is 221 Å². The fourth-order valence-corrected chi connectivity index (χ4v) is 4.38. The summed E-state index contributed by atoms with van der Waals surface area (Å²) < 4.78 is 6.06. The molecule has 196 valence electrons. The third-order valence-corrected chi connectivity index (χ3v) is 6.82. The van der Waals surface area contributed by atoms with E-state index in [-0.39, 0.29) is 24.5 Å². The van der Waals surface area contributed by atoms with E-state index in [0.29, 0.717) is 18.7 Å². The summed E-state index contributed by atoms with van der Waals surface area (Å²) in [5.74, 6) is 0.326. The first-order valence-electron chi connectivity index (χ1n) is 13.1. The van der Waals surface area contributed by atoms with Crippen molar-refractivity contribution in [2.75, 3.05) is 6.61 Å². The van der Waals surface area contributed by atoms with Crippen LogP contribution in [0, 0.1) is 27.7 Å². The number of hydrogen-bond donors (Lipinski definition) is 1. The van der Waals surface area contributed by atoms with E-state index in [9.17, 15) is 9.59 Å². The van der Waals surface area contributed by atoms with Crippen LogP contribution in [-0.4, -0.2) is 35.4 Å². The van der Waals surface area contributed by atoms with Gasteiger partial charge in [-0.25, -0.2) is 0 Å². The Morgan fingerprint density at radius 1 is 0.892 bits per heavy atom. The van der Waals surface area contributed by atoms with Gasteiger partial charge < -0.3 is 15.0 Å². The fourth-order valence-electron chi connectivity index (χ4n) is 4.38. The summed E-state index contributed by atoms with van der Waals surface area (Å²) in [6.45, 7) is 12.3. The van der Waals surface area contributed by atoms with Gasteiger partial charge in [-0.3, -0.25) is 9.59 Å². The first-order valence-corrected chi connectivity index (χ1v) is 13.1. The molecule has 3 aromatic carbocycles. The highest BCUT2D eigenvalue weighted by Crippen LogP contribution is 2.24. The number of ether oxygens (including phenoxy) is 1. The minimum absolute atomic E-state index is 0.0101. The lowest BCUT2D eigenvalue weighted by atomic mass is 10.0. The predicted molar refractivity (Wildman–Crippen MR) is 150 cm³/mol. The number of carbonyl (C=O) groups is 2. The van der Waals surface area contributed by atoms with Crippen molar-refractivity contribution >= 4 is 11.8 Å². The number of carbonyl (C=O) groups excluding carboxylic acids is 2. The second kappa shape index (κ2) is 13.1. The van der Waals surface area contributed by atoms with Crippen LogP contribution >= 0.6 is 0 Å². The lowest BCUT2D eigenvalue weighted by Gasteiger charge is -2.32. The maximum absolute atomic E-state index is 13.8. The van der Waals surface area contributed by atoms with E-state index in [1.807, 2.05) is 96.1 Å². The highest BCUT2D eigenvalue weighted by Gasteiger charge is 2.31. The maximum atomic E-state index is 13.8. The zero-order valence-corrected chi connectivity index (χ0v) is 23.0. The second-order valence-corrected chi connectivity index (χ2v) is 10.0. The molecule has 2 atom stereocenters. The molecule has 0 unspecified atom stereocenters. The van der Waals surface area contributed by atoms with Crippen molar-refractivity contribution in [3.63, 3.8) is 0 Å². The van der Waals surface area contributed by atoms with E-state index in [1.54, 1.807) is 4.90 Å². The van der Waals surface area contributed by atoms with Crippen LogP contribution in [0.1, 0.15) is 53.6 Å². The molecule has 3 aromatic rings. The van der Waals surface area contributed by atoms with Gasteiger partial charge >= 0.3 is 0 Å². The molecule has 0 heterocycles.